The molecule has 6 heteroatoms. The van der Waals surface area contributed by atoms with E-state index in [1.807, 2.05) is 21.0 Å². The summed E-state index contributed by atoms with van der Waals surface area (Å²) in [4.78, 5) is 16.1. The van der Waals surface area contributed by atoms with E-state index in [2.05, 4.69) is 26.0 Å². The second kappa shape index (κ2) is 4.44. The van der Waals surface area contributed by atoms with Gasteiger partial charge in [-0.25, -0.2) is 4.98 Å². The first-order valence-corrected chi connectivity index (χ1v) is 5.98. The highest BCUT2D eigenvalue weighted by Gasteiger charge is 2.17. The van der Waals surface area contributed by atoms with Crippen LogP contribution < -0.4 is 0 Å². The van der Waals surface area contributed by atoms with Crippen LogP contribution in [0.1, 0.15) is 22.0 Å². The summed E-state index contributed by atoms with van der Waals surface area (Å²) in [6.07, 6.45) is 3.68. The SMILES string of the molecule is Cc1nn(C)c(CC(=O)c2nccn2C)c1Br. The van der Waals surface area contributed by atoms with E-state index < -0.39 is 0 Å². The lowest BCUT2D eigenvalue weighted by Gasteiger charge is -2.03. The highest BCUT2D eigenvalue weighted by atomic mass is 79.9. The average molecular weight is 297 g/mol. The normalized spacial score (nSPS) is 10.8. The van der Waals surface area contributed by atoms with Crippen molar-refractivity contribution in [2.45, 2.75) is 13.3 Å². The van der Waals surface area contributed by atoms with Crippen LogP contribution in [-0.2, 0) is 20.5 Å². The molecule has 0 spiro atoms. The Kier molecular flexibility index (Phi) is 3.15. The first kappa shape index (κ1) is 12.0. The topological polar surface area (TPSA) is 52.7 Å². The highest BCUT2D eigenvalue weighted by Crippen LogP contribution is 2.21. The smallest absolute Gasteiger partial charge is 0.204 e. The third-order valence-corrected chi connectivity index (χ3v) is 3.69. The van der Waals surface area contributed by atoms with Crippen molar-refractivity contribution in [3.8, 4) is 0 Å². The number of Topliss-reactive ketones (excluding diaryl/α,β-unsaturated/α-hetero) is 1. The monoisotopic (exact) mass is 296 g/mol. The molecule has 90 valence electrons. The summed E-state index contributed by atoms with van der Waals surface area (Å²) in [7, 11) is 3.64. The van der Waals surface area contributed by atoms with Gasteiger partial charge in [0.15, 0.2) is 5.82 Å². The number of hydrogen-bond acceptors (Lipinski definition) is 3. The maximum Gasteiger partial charge on any atom is 0.204 e. The molecule has 0 unspecified atom stereocenters. The Morgan fingerprint density at radius 1 is 1.47 bits per heavy atom. The number of imidazole rings is 1. The van der Waals surface area contributed by atoms with Crippen molar-refractivity contribution in [1.82, 2.24) is 19.3 Å². The van der Waals surface area contributed by atoms with E-state index in [0.717, 1.165) is 15.9 Å². The maximum absolute atomic E-state index is 12.1. The van der Waals surface area contributed by atoms with Gasteiger partial charge in [-0.15, -0.1) is 0 Å². The standard InChI is InChI=1S/C11H13BrN4O/c1-7-10(12)8(16(3)14-7)6-9(17)11-13-4-5-15(11)2/h4-5H,6H2,1-3H3. The number of halogens is 1. The summed E-state index contributed by atoms with van der Waals surface area (Å²) in [6.45, 7) is 1.90. The second-order valence-electron chi connectivity index (χ2n) is 3.93. The van der Waals surface area contributed by atoms with Gasteiger partial charge in [-0.2, -0.15) is 5.10 Å². The van der Waals surface area contributed by atoms with Crippen molar-refractivity contribution in [3.05, 3.63) is 34.1 Å². The fourth-order valence-corrected chi connectivity index (χ4v) is 2.21. The summed E-state index contributed by atoms with van der Waals surface area (Å²) < 4.78 is 4.34. The van der Waals surface area contributed by atoms with Crippen molar-refractivity contribution in [2.75, 3.05) is 0 Å². The molecule has 0 amide bonds. The van der Waals surface area contributed by atoms with Crippen LogP contribution >= 0.6 is 15.9 Å². The molecule has 2 aromatic rings. The van der Waals surface area contributed by atoms with Crippen LogP contribution in [0.3, 0.4) is 0 Å². The molecule has 0 saturated carbocycles. The third kappa shape index (κ3) is 2.17. The average Bonchev–Trinajstić information content (AvgIpc) is 2.78. The predicted octanol–water partition coefficient (Wildman–Crippen LogP) is 1.65. The summed E-state index contributed by atoms with van der Waals surface area (Å²) in [5, 5.41) is 4.26. The van der Waals surface area contributed by atoms with Gasteiger partial charge in [0.05, 0.1) is 22.3 Å². The molecule has 0 radical (unpaired) electrons. The molecule has 17 heavy (non-hydrogen) atoms. The van der Waals surface area contributed by atoms with Gasteiger partial charge in [0.2, 0.25) is 5.78 Å². The molecule has 0 aliphatic carbocycles. The molecule has 0 aliphatic rings. The van der Waals surface area contributed by atoms with E-state index in [1.54, 1.807) is 21.6 Å². The Morgan fingerprint density at radius 2 is 2.18 bits per heavy atom. The van der Waals surface area contributed by atoms with Gasteiger partial charge < -0.3 is 4.57 Å². The van der Waals surface area contributed by atoms with E-state index in [0.29, 0.717) is 12.2 Å². The molecule has 0 N–H and O–H groups in total. The van der Waals surface area contributed by atoms with E-state index >= 15 is 0 Å². The molecule has 0 bridgehead atoms. The number of rotatable bonds is 3. The van der Waals surface area contributed by atoms with Crippen molar-refractivity contribution in [3.63, 3.8) is 0 Å². The molecule has 0 fully saturated rings. The van der Waals surface area contributed by atoms with Gasteiger partial charge >= 0.3 is 0 Å². The molecular weight excluding hydrogens is 284 g/mol. The molecule has 5 nitrogen and oxygen atoms in total. The fraction of sp³-hybridized carbons (Fsp3) is 0.364. The largest absolute Gasteiger partial charge is 0.332 e. The Labute approximate surface area is 108 Å². The van der Waals surface area contributed by atoms with E-state index in [-0.39, 0.29) is 5.78 Å². The summed E-state index contributed by atoms with van der Waals surface area (Å²) in [5.74, 6) is 0.456. The molecule has 0 saturated heterocycles. The first-order chi connectivity index (χ1) is 8.00. The lowest BCUT2D eigenvalue weighted by Crippen LogP contribution is -2.12. The van der Waals surface area contributed by atoms with E-state index in [4.69, 9.17) is 0 Å². The van der Waals surface area contributed by atoms with Gasteiger partial charge in [0.1, 0.15) is 0 Å². The number of aromatic nitrogens is 4. The molecule has 0 aliphatic heterocycles. The molecule has 2 heterocycles. The minimum absolute atomic E-state index is 0.0128. The summed E-state index contributed by atoms with van der Waals surface area (Å²) >= 11 is 3.45. The van der Waals surface area contributed by atoms with Crippen LogP contribution in [-0.4, -0.2) is 25.1 Å². The predicted molar refractivity (Wildman–Crippen MR) is 66.9 cm³/mol. The molecule has 0 aromatic carbocycles. The Bertz CT molecular complexity index is 570. The lowest BCUT2D eigenvalue weighted by atomic mass is 10.2. The fourth-order valence-electron chi connectivity index (χ4n) is 1.74. The van der Waals surface area contributed by atoms with Gasteiger partial charge in [0.25, 0.3) is 0 Å². The first-order valence-electron chi connectivity index (χ1n) is 5.19. The number of nitrogens with zero attached hydrogens (tertiary/aromatic N) is 4. The minimum atomic E-state index is -0.0128. The zero-order valence-corrected chi connectivity index (χ0v) is 11.5. The van der Waals surface area contributed by atoms with E-state index in [1.165, 1.54) is 0 Å². The number of aryl methyl sites for hydroxylation is 3. The molecule has 0 atom stereocenters. The van der Waals surface area contributed by atoms with Crippen LogP contribution in [0.15, 0.2) is 16.9 Å². The number of ketones is 1. The van der Waals surface area contributed by atoms with Gasteiger partial charge in [-0.3, -0.25) is 9.48 Å². The minimum Gasteiger partial charge on any atom is -0.332 e. The number of hydrogen-bond donors (Lipinski definition) is 0. The molecular formula is C11H13BrN4O. The van der Waals surface area contributed by atoms with E-state index in [9.17, 15) is 4.79 Å². The maximum atomic E-state index is 12.1. The zero-order valence-electron chi connectivity index (χ0n) is 9.94. The summed E-state index contributed by atoms with van der Waals surface area (Å²) in [5.41, 5.74) is 1.76. The lowest BCUT2D eigenvalue weighted by molar-refractivity contribution is 0.0977. The Balaban J connectivity index is 2.28. The van der Waals surface area contributed by atoms with Crippen molar-refractivity contribution in [1.29, 1.82) is 0 Å². The molecule has 2 aromatic heterocycles. The van der Waals surface area contributed by atoms with Gasteiger partial charge in [-0.05, 0) is 22.9 Å². The number of carbonyl (C=O) groups is 1. The summed E-state index contributed by atoms with van der Waals surface area (Å²) in [6, 6.07) is 0. The zero-order chi connectivity index (χ0) is 12.6. The Morgan fingerprint density at radius 3 is 2.65 bits per heavy atom. The van der Waals surface area contributed by atoms with Crippen molar-refractivity contribution in [2.24, 2.45) is 14.1 Å². The Hall–Kier alpha value is -1.43. The highest BCUT2D eigenvalue weighted by molar-refractivity contribution is 9.10. The van der Waals surface area contributed by atoms with Gasteiger partial charge in [0, 0.05) is 26.5 Å². The van der Waals surface area contributed by atoms with Crippen LogP contribution in [0.2, 0.25) is 0 Å². The van der Waals surface area contributed by atoms with Crippen molar-refractivity contribution < 1.29 is 4.79 Å². The van der Waals surface area contributed by atoms with Crippen LogP contribution in [0.25, 0.3) is 0 Å². The van der Waals surface area contributed by atoms with Crippen molar-refractivity contribution >= 4 is 21.7 Å². The quantitative estimate of drug-likeness (QED) is 0.809. The molecule has 2 rings (SSSR count). The van der Waals surface area contributed by atoms with Gasteiger partial charge in [-0.1, -0.05) is 0 Å². The second-order valence-corrected chi connectivity index (χ2v) is 4.72. The third-order valence-electron chi connectivity index (χ3n) is 2.66. The number of carbonyl (C=O) groups excluding carboxylic acids is 1. The van der Waals surface area contributed by atoms with Crippen LogP contribution in [0.4, 0.5) is 0 Å². The van der Waals surface area contributed by atoms with Crippen LogP contribution in [0, 0.1) is 6.92 Å². The van der Waals surface area contributed by atoms with Crippen LogP contribution in [0.5, 0.6) is 0 Å².